The lowest BCUT2D eigenvalue weighted by Crippen LogP contribution is -2.45. The molecular weight excluding hydrogens is 362 g/mol. The molecule has 3 rings (SSSR count). The maximum Gasteiger partial charge on any atom is 0.338 e. The molecule has 1 aromatic rings. The third kappa shape index (κ3) is 4.43. The predicted molar refractivity (Wildman–Crippen MR) is 104 cm³/mol. The van der Waals surface area contributed by atoms with E-state index >= 15 is 0 Å². The van der Waals surface area contributed by atoms with Gasteiger partial charge in [-0.15, -0.1) is 0 Å². The van der Waals surface area contributed by atoms with Gasteiger partial charge in [-0.3, -0.25) is 14.9 Å². The molecule has 1 amide bonds. The molecule has 152 valence electrons. The summed E-state index contributed by atoms with van der Waals surface area (Å²) in [6.45, 7) is 3.94. The molecule has 0 spiro atoms. The van der Waals surface area contributed by atoms with Gasteiger partial charge in [0.1, 0.15) is 5.69 Å². The highest BCUT2D eigenvalue weighted by Gasteiger charge is 2.27. The maximum atomic E-state index is 12.4. The molecule has 2 heterocycles. The topological polar surface area (TPSA) is 93.0 Å². The first-order valence-corrected chi connectivity index (χ1v) is 10.0. The molecule has 2 fully saturated rings. The summed E-state index contributed by atoms with van der Waals surface area (Å²) in [6, 6.07) is 4.57. The quantitative estimate of drug-likeness (QED) is 0.422. The Morgan fingerprint density at radius 3 is 2.57 bits per heavy atom. The zero-order valence-electron chi connectivity index (χ0n) is 16.3. The highest BCUT2D eigenvalue weighted by Crippen LogP contribution is 2.31. The minimum absolute atomic E-state index is 0.0909. The summed E-state index contributed by atoms with van der Waals surface area (Å²) in [4.78, 5) is 39.5. The summed E-state index contributed by atoms with van der Waals surface area (Å²) in [6.07, 6.45) is 5.91. The number of carbonyl (C=O) groups excluding carboxylic acids is 2. The van der Waals surface area contributed by atoms with Gasteiger partial charge in [-0.25, -0.2) is 4.79 Å². The van der Waals surface area contributed by atoms with Crippen LogP contribution >= 0.6 is 0 Å². The molecule has 0 bridgehead atoms. The Kier molecular flexibility index (Phi) is 6.49. The Morgan fingerprint density at radius 1 is 1.18 bits per heavy atom. The molecule has 0 aliphatic carbocycles. The summed E-state index contributed by atoms with van der Waals surface area (Å²) in [5.74, 6) is -0.919. The second-order valence-electron chi connectivity index (χ2n) is 7.38. The van der Waals surface area contributed by atoms with E-state index in [0.29, 0.717) is 12.2 Å². The molecule has 1 aromatic carbocycles. The van der Waals surface area contributed by atoms with Crippen LogP contribution in [0, 0.1) is 10.1 Å². The van der Waals surface area contributed by atoms with Crippen molar-refractivity contribution in [2.24, 2.45) is 0 Å². The Morgan fingerprint density at radius 2 is 1.89 bits per heavy atom. The first-order valence-electron chi connectivity index (χ1n) is 10.0. The van der Waals surface area contributed by atoms with Gasteiger partial charge >= 0.3 is 5.97 Å². The number of anilines is 1. The molecule has 8 heteroatoms. The standard InChI is InChI=1S/C20H27N3O5/c1-2-16-7-3-4-12-22(16)19(24)14-28-20(25)15-8-9-17(18(13-15)23(26)27)21-10-5-6-11-21/h8-9,13,16H,2-7,10-12,14H2,1H3/t16-/m1/s1. The summed E-state index contributed by atoms with van der Waals surface area (Å²) in [7, 11) is 0. The zero-order chi connectivity index (χ0) is 20.1. The van der Waals surface area contributed by atoms with Gasteiger partial charge in [0.05, 0.1) is 10.5 Å². The van der Waals surface area contributed by atoms with Crippen LogP contribution in [-0.4, -0.2) is 54.0 Å². The van der Waals surface area contributed by atoms with E-state index in [-0.39, 0.29) is 29.8 Å². The largest absolute Gasteiger partial charge is 0.452 e. The van der Waals surface area contributed by atoms with E-state index in [1.54, 1.807) is 11.0 Å². The van der Waals surface area contributed by atoms with Crippen molar-refractivity contribution in [1.82, 2.24) is 4.90 Å². The average Bonchev–Trinajstić information content (AvgIpc) is 3.25. The van der Waals surface area contributed by atoms with E-state index < -0.39 is 10.9 Å². The molecule has 8 nitrogen and oxygen atoms in total. The number of nitro groups is 1. The minimum Gasteiger partial charge on any atom is -0.452 e. The van der Waals surface area contributed by atoms with Gasteiger partial charge in [0.15, 0.2) is 6.61 Å². The lowest BCUT2D eigenvalue weighted by Gasteiger charge is -2.35. The van der Waals surface area contributed by atoms with E-state index in [0.717, 1.165) is 51.6 Å². The van der Waals surface area contributed by atoms with Crippen LogP contribution in [0.4, 0.5) is 11.4 Å². The normalized spacial score (nSPS) is 19.5. The molecule has 2 saturated heterocycles. The molecule has 0 unspecified atom stereocenters. The van der Waals surface area contributed by atoms with Gasteiger partial charge in [0.2, 0.25) is 0 Å². The van der Waals surface area contributed by atoms with Crippen LogP contribution in [-0.2, 0) is 9.53 Å². The molecule has 0 saturated carbocycles. The SMILES string of the molecule is CC[C@@H]1CCCCN1C(=O)COC(=O)c1ccc(N2CCCC2)c([N+](=O)[O-])c1. The highest BCUT2D eigenvalue weighted by atomic mass is 16.6. The number of benzene rings is 1. The van der Waals surface area contributed by atoms with Crippen LogP contribution in [0.25, 0.3) is 0 Å². The number of carbonyl (C=O) groups is 2. The molecule has 1 atom stereocenters. The van der Waals surface area contributed by atoms with Gasteiger partial charge in [-0.05, 0) is 50.7 Å². The van der Waals surface area contributed by atoms with Crippen molar-refractivity contribution in [2.75, 3.05) is 31.1 Å². The number of esters is 1. The van der Waals surface area contributed by atoms with Crippen LogP contribution in [0.5, 0.6) is 0 Å². The van der Waals surface area contributed by atoms with E-state index in [1.807, 2.05) is 11.8 Å². The number of piperidine rings is 1. The van der Waals surface area contributed by atoms with E-state index in [2.05, 4.69) is 0 Å². The smallest absolute Gasteiger partial charge is 0.338 e. The van der Waals surface area contributed by atoms with Crippen molar-refractivity contribution in [3.8, 4) is 0 Å². The monoisotopic (exact) mass is 389 g/mol. The molecule has 2 aliphatic heterocycles. The van der Waals surface area contributed by atoms with Crippen molar-refractivity contribution >= 4 is 23.3 Å². The number of hydrogen-bond donors (Lipinski definition) is 0. The van der Waals surface area contributed by atoms with Crippen LogP contribution < -0.4 is 4.90 Å². The first kappa shape index (κ1) is 20.1. The molecular formula is C20H27N3O5. The lowest BCUT2D eigenvalue weighted by atomic mass is 10.00. The van der Waals surface area contributed by atoms with Gasteiger partial charge in [0.25, 0.3) is 11.6 Å². The van der Waals surface area contributed by atoms with Crippen LogP contribution in [0.2, 0.25) is 0 Å². The molecule has 2 aliphatic rings. The van der Waals surface area contributed by atoms with Crippen molar-refractivity contribution in [2.45, 2.75) is 51.5 Å². The third-order valence-electron chi connectivity index (χ3n) is 5.60. The van der Waals surface area contributed by atoms with Gasteiger partial charge < -0.3 is 14.5 Å². The Balaban J connectivity index is 1.66. The Labute approximate surface area is 164 Å². The number of nitro benzene ring substituents is 1. The Hall–Kier alpha value is -2.64. The molecule has 0 N–H and O–H groups in total. The summed E-state index contributed by atoms with van der Waals surface area (Å²) in [5, 5.41) is 11.5. The van der Waals surface area contributed by atoms with Crippen LogP contribution in [0.1, 0.15) is 55.8 Å². The van der Waals surface area contributed by atoms with Crippen molar-refractivity contribution in [3.05, 3.63) is 33.9 Å². The maximum absolute atomic E-state index is 12.4. The molecule has 0 aromatic heterocycles. The third-order valence-corrected chi connectivity index (χ3v) is 5.60. The second kappa shape index (κ2) is 9.03. The molecule has 28 heavy (non-hydrogen) atoms. The fraction of sp³-hybridized carbons (Fsp3) is 0.600. The van der Waals surface area contributed by atoms with Crippen molar-refractivity contribution < 1.29 is 19.2 Å². The number of amides is 1. The lowest BCUT2D eigenvalue weighted by molar-refractivity contribution is -0.384. The number of rotatable bonds is 6. The number of hydrogen-bond acceptors (Lipinski definition) is 6. The van der Waals surface area contributed by atoms with Gasteiger partial charge in [-0.1, -0.05) is 6.92 Å². The minimum atomic E-state index is -0.713. The summed E-state index contributed by atoms with van der Waals surface area (Å²) in [5.41, 5.74) is 0.507. The van der Waals surface area contributed by atoms with Crippen molar-refractivity contribution in [3.63, 3.8) is 0 Å². The summed E-state index contributed by atoms with van der Waals surface area (Å²) >= 11 is 0. The van der Waals surface area contributed by atoms with Crippen LogP contribution in [0.15, 0.2) is 18.2 Å². The first-order chi connectivity index (χ1) is 13.5. The van der Waals surface area contributed by atoms with E-state index in [1.165, 1.54) is 12.1 Å². The van der Waals surface area contributed by atoms with Crippen molar-refractivity contribution in [1.29, 1.82) is 0 Å². The highest BCUT2D eigenvalue weighted by molar-refractivity contribution is 5.93. The van der Waals surface area contributed by atoms with Gasteiger partial charge in [0, 0.05) is 31.7 Å². The summed E-state index contributed by atoms with van der Waals surface area (Å²) < 4.78 is 5.17. The number of likely N-dealkylation sites (tertiary alicyclic amines) is 1. The van der Waals surface area contributed by atoms with E-state index in [9.17, 15) is 19.7 Å². The number of ether oxygens (including phenoxy) is 1. The average molecular weight is 389 g/mol. The van der Waals surface area contributed by atoms with Crippen LogP contribution in [0.3, 0.4) is 0 Å². The zero-order valence-corrected chi connectivity index (χ0v) is 16.3. The molecule has 0 radical (unpaired) electrons. The van der Waals surface area contributed by atoms with E-state index in [4.69, 9.17) is 4.74 Å². The van der Waals surface area contributed by atoms with Gasteiger partial charge in [-0.2, -0.15) is 0 Å². The predicted octanol–water partition coefficient (Wildman–Crippen LogP) is 3.14. The fourth-order valence-electron chi connectivity index (χ4n) is 4.07. The Bertz CT molecular complexity index is 745. The fourth-order valence-corrected chi connectivity index (χ4v) is 4.07. The number of nitrogens with zero attached hydrogens (tertiary/aromatic N) is 3. The second-order valence-corrected chi connectivity index (χ2v) is 7.38.